The highest BCUT2D eigenvalue weighted by Crippen LogP contribution is 2.22. The molecule has 3 aromatic rings. The van der Waals surface area contributed by atoms with Crippen molar-refractivity contribution >= 4 is 17.3 Å². The average Bonchev–Trinajstić information content (AvgIpc) is 2.88. The number of carboxylic acid groups (broad SMARTS) is 1. The molecule has 0 aliphatic rings. The molecule has 1 N–H and O–H groups in total. The van der Waals surface area contributed by atoms with Crippen molar-refractivity contribution in [2.45, 2.75) is 6.92 Å². The third kappa shape index (κ3) is 2.87. The molecule has 0 atom stereocenters. The van der Waals surface area contributed by atoms with Crippen LogP contribution in [0.4, 0.5) is 11.4 Å². The zero-order chi connectivity index (χ0) is 17.1. The molecule has 0 spiro atoms. The van der Waals surface area contributed by atoms with Gasteiger partial charge in [0.05, 0.1) is 23.0 Å². The SMILES string of the molecule is Cc1[nH]n(-c2ccccc2)c(=O)c1N=Nc1ccccc1C(=O)[O-]. The molecule has 0 aliphatic carbocycles. The first-order chi connectivity index (χ1) is 11.6. The van der Waals surface area contributed by atoms with Gasteiger partial charge in [-0.05, 0) is 25.1 Å². The van der Waals surface area contributed by atoms with Crippen molar-refractivity contribution in [3.8, 4) is 5.69 Å². The number of hydrogen-bond donors (Lipinski definition) is 1. The molecule has 0 unspecified atom stereocenters. The van der Waals surface area contributed by atoms with Gasteiger partial charge < -0.3 is 9.90 Å². The predicted octanol–water partition coefficient (Wildman–Crippen LogP) is 2.25. The maximum absolute atomic E-state index is 12.5. The highest BCUT2D eigenvalue weighted by atomic mass is 16.4. The molecule has 1 aromatic heterocycles. The molecular formula is C17H13N4O3-. The normalized spacial score (nSPS) is 11.0. The minimum Gasteiger partial charge on any atom is -0.545 e. The number of H-pyrrole nitrogens is 1. The number of azo groups is 1. The summed E-state index contributed by atoms with van der Waals surface area (Å²) in [4.78, 5) is 23.6. The van der Waals surface area contributed by atoms with Gasteiger partial charge in [-0.2, -0.15) is 0 Å². The number of aromatic nitrogens is 2. The van der Waals surface area contributed by atoms with Crippen molar-refractivity contribution in [1.82, 2.24) is 9.78 Å². The van der Waals surface area contributed by atoms with Crippen molar-refractivity contribution < 1.29 is 9.90 Å². The maximum atomic E-state index is 12.5. The number of aromatic carboxylic acids is 1. The Morgan fingerprint density at radius 1 is 1.04 bits per heavy atom. The van der Waals surface area contributed by atoms with Crippen molar-refractivity contribution in [3.05, 3.63) is 76.2 Å². The lowest BCUT2D eigenvalue weighted by Gasteiger charge is -2.04. The number of nitrogens with one attached hydrogen (secondary N) is 1. The van der Waals surface area contributed by atoms with Crippen molar-refractivity contribution in [2.24, 2.45) is 10.2 Å². The second-order valence-corrected chi connectivity index (χ2v) is 5.07. The highest BCUT2D eigenvalue weighted by molar-refractivity contribution is 5.91. The molecule has 7 nitrogen and oxygen atoms in total. The smallest absolute Gasteiger partial charge is 0.299 e. The Hall–Kier alpha value is -3.48. The lowest BCUT2D eigenvalue weighted by atomic mass is 10.2. The molecule has 0 fully saturated rings. The number of rotatable bonds is 4. The summed E-state index contributed by atoms with van der Waals surface area (Å²) in [7, 11) is 0. The van der Waals surface area contributed by atoms with Gasteiger partial charge in [0, 0.05) is 5.56 Å². The van der Waals surface area contributed by atoms with E-state index in [1.807, 2.05) is 18.2 Å². The van der Waals surface area contributed by atoms with Crippen molar-refractivity contribution in [3.63, 3.8) is 0 Å². The minimum atomic E-state index is -1.35. The summed E-state index contributed by atoms with van der Waals surface area (Å²) >= 11 is 0. The average molecular weight is 321 g/mol. The Morgan fingerprint density at radius 3 is 2.42 bits per heavy atom. The molecule has 7 heteroatoms. The summed E-state index contributed by atoms with van der Waals surface area (Å²) in [6, 6.07) is 15.1. The van der Waals surface area contributed by atoms with Crippen LogP contribution >= 0.6 is 0 Å². The van der Waals surface area contributed by atoms with Gasteiger partial charge >= 0.3 is 0 Å². The molecule has 2 aromatic carbocycles. The Labute approximate surface area is 136 Å². The first kappa shape index (κ1) is 15.4. The van der Waals surface area contributed by atoms with E-state index in [9.17, 15) is 14.7 Å². The second-order valence-electron chi connectivity index (χ2n) is 5.07. The zero-order valence-corrected chi connectivity index (χ0v) is 12.8. The largest absolute Gasteiger partial charge is 0.545 e. The van der Waals surface area contributed by atoms with Gasteiger partial charge in [0.1, 0.15) is 0 Å². The molecule has 0 aliphatic heterocycles. The Morgan fingerprint density at radius 2 is 1.71 bits per heavy atom. The number of aromatic amines is 1. The van der Waals surface area contributed by atoms with E-state index >= 15 is 0 Å². The molecule has 1 heterocycles. The maximum Gasteiger partial charge on any atom is 0.299 e. The summed E-state index contributed by atoms with van der Waals surface area (Å²) in [5.74, 6) is -1.35. The van der Waals surface area contributed by atoms with E-state index in [4.69, 9.17) is 0 Å². The fraction of sp³-hybridized carbons (Fsp3) is 0.0588. The summed E-state index contributed by atoms with van der Waals surface area (Å²) in [6.07, 6.45) is 0. The van der Waals surface area contributed by atoms with Crippen LogP contribution in [0.1, 0.15) is 16.1 Å². The van der Waals surface area contributed by atoms with E-state index in [0.717, 1.165) is 0 Å². The number of carboxylic acids is 1. The number of para-hydroxylation sites is 1. The van der Waals surface area contributed by atoms with Crippen LogP contribution in [0.25, 0.3) is 5.69 Å². The molecule has 3 rings (SSSR count). The first-order valence-corrected chi connectivity index (χ1v) is 7.17. The van der Waals surface area contributed by atoms with Gasteiger partial charge in [-0.15, -0.1) is 10.2 Å². The van der Waals surface area contributed by atoms with E-state index < -0.39 is 5.97 Å². The summed E-state index contributed by atoms with van der Waals surface area (Å²) in [6.45, 7) is 1.69. The van der Waals surface area contributed by atoms with E-state index in [-0.39, 0.29) is 22.5 Å². The monoisotopic (exact) mass is 321 g/mol. The molecule has 120 valence electrons. The van der Waals surface area contributed by atoms with Crippen LogP contribution in [0.5, 0.6) is 0 Å². The minimum absolute atomic E-state index is 0.0853. The fourth-order valence-corrected chi connectivity index (χ4v) is 2.25. The van der Waals surface area contributed by atoms with Gasteiger partial charge in [0.2, 0.25) is 0 Å². The second kappa shape index (κ2) is 6.33. The summed E-state index contributed by atoms with van der Waals surface area (Å²) in [5.41, 5.74) is 0.989. The van der Waals surface area contributed by atoms with E-state index in [0.29, 0.717) is 11.4 Å². The number of nitrogens with zero attached hydrogens (tertiary/aromatic N) is 3. The number of carbonyl (C=O) groups is 1. The predicted molar refractivity (Wildman–Crippen MR) is 86.1 cm³/mol. The fourth-order valence-electron chi connectivity index (χ4n) is 2.25. The lowest BCUT2D eigenvalue weighted by Crippen LogP contribution is -2.22. The van der Waals surface area contributed by atoms with Crippen LogP contribution in [-0.4, -0.2) is 15.7 Å². The van der Waals surface area contributed by atoms with Gasteiger partial charge in [0.25, 0.3) is 5.56 Å². The van der Waals surface area contributed by atoms with Crippen LogP contribution in [0, 0.1) is 6.92 Å². The third-order valence-corrected chi connectivity index (χ3v) is 3.44. The molecule has 0 saturated carbocycles. The summed E-state index contributed by atoms with van der Waals surface area (Å²) < 4.78 is 1.36. The Balaban J connectivity index is 2.02. The van der Waals surface area contributed by atoms with Crippen LogP contribution in [0.2, 0.25) is 0 Å². The Bertz CT molecular complexity index is 971. The molecule has 0 saturated heterocycles. The zero-order valence-electron chi connectivity index (χ0n) is 12.8. The Kier molecular flexibility index (Phi) is 4.07. The van der Waals surface area contributed by atoms with Gasteiger partial charge in [-0.25, -0.2) is 4.68 Å². The van der Waals surface area contributed by atoms with E-state index in [1.54, 1.807) is 31.2 Å². The van der Waals surface area contributed by atoms with Crippen LogP contribution in [-0.2, 0) is 0 Å². The number of hydrogen-bond acceptors (Lipinski definition) is 5. The van der Waals surface area contributed by atoms with Crippen LogP contribution in [0.15, 0.2) is 69.6 Å². The third-order valence-electron chi connectivity index (χ3n) is 3.44. The van der Waals surface area contributed by atoms with E-state index in [2.05, 4.69) is 15.3 Å². The van der Waals surface area contributed by atoms with Crippen LogP contribution < -0.4 is 10.7 Å². The van der Waals surface area contributed by atoms with Crippen molar-refractivity contribution in [2.75, 3.05) is 0 Å². The quantitative estimate of drug-likeness (QED) is 0.745. The molecule has 0 amide bonds. The highest BCUT2D eigenvalue weighted by Gasteiger charge is 2.12. The number of benzene rings is 2. The lowest BCUT2D eigenvalue weighted by molar-refractivity contribution is -0.254. The molecule has 0 bridgehead atoms. The standard InChI is InChI=1S/C17H14N4O3/c1-11-15(16(22)21(20-11)12-7-3-2-4-8-12)19-18-14-10-6-5-9-13(14)17(23)24/h2-10,20H,1H3,(H,23,24)/p-1. The van der Waals surface area contributed by atoms with Gasteiger partial charge in [0.15, 0.2) is 5.69 Å². The number of carbonyl (C=O) groups excluding carboxylic acids is 1. The topological polar surface area (TPSA) is 103 Å². The molecule has 24 heavy (non-hydrogen) atoms. The summed E-state index contributed by atoms with van der Waals surface area (Å²) in [5, 5.41) is 21.8. The number of aryl methyl sites for hydroxylation is 1. The van der Waals surface area contributed by atoms with E-state index in [1.165, 1.54) is 16.8 Å². The first-order valence-electron chi connectivity index (χ1n) is 7.17. The molecular weight excluding hydrogens is 308 g/mol. The van der Waals surface area contributed by atoms with Gasteiger partial charge in [-0.1, -0.05) is 36.4 Å². The van der Waals surface area contributed by atoms with Crippen molar-refractivity contribution in [1.29, 1.82) is 0 Å². The van der Waals surface area contributed by atoms with Gasteiger partial charge in [-0.3, -0.25) is 9.89 Å². The molecule has 0 radical (unpaired) electrons. The van der Waals surface area contributed by atoms with Crippen LogP contribution in [0.3, 0.4) is 0 Å².